The third-order valence-corrected chi connectivity index (χ3v) is 5.87. The summed E-state index contributed by atoms with van der Waals surface area (Å²) in [5.41, 5.74) is 3.34. The van der Waals surface area contributed by atoms with Crippen LogP contribution in [0, 0.1) is 0 Å². The summed E-state index contributed by atoms with van der Waals surface area (Å²) >= 11 is 0. The zero-order chi connectivity index (χ0) is 22.9. The van der Waals surface area contributed by atoms with E-state index in [4.69, 9.17) is 9.84 Å². The number of pyridine rings is 1. The molecule has 1 unspecified atom stereocenters. The van der Waals surface area contributed by atoms with Crippen LogP contribution in [0.5, 0.6) is 11.5 Å². The second-order valence-corrected chi connectivity index (χ2v) is 8.01. The lowest BCUT2D eigenvalue weighted by molar-refractivity contribution is -0.129. The maximum Gasteiger partial charge on any atom is 0.335 e. The molecule has 1 atom stereocenters. The molecule has 0 bridgehead atoms. The van der Waals surface area contributed by atoms with Gasteiger partial charge in [0.2, 0.25) is 5.91 Å². The lowest BCUT2D eigenvalue weighted by atomic mass is 10.0. The minimum Gasteiger partial charge on any atom is -0.478 e. The van der Waals surface area contributed by atoms with Gasteiger partial charge in [-0.15, -0.1) is 0 Å². The predicted molar refractivity (Wildman–Crippen MR) is 122 cm³/mol. The number of nitrogens with zero attached hydrogens (tertiary/aromatic N) is 3. The summed E-state index contributed by atoms with van der Waals surface area (Å²) in [5.74, 6) is 0.768. The fourth-order valence-electron chi connectivity index (χ4n) is 4.29. The smallest absolute Gasteiger partial charge is 0.335 e. The number of carboxylic acids is 1. The fraction of sp³-hybridized carbons (Fsp3) is 0.200. The lowest BCUT2D eigenvalue weighted by Crippen LogP contribution is -2.28. The minimum atomic E-state index is -0.995. The molecule has 2 aromatic carbocycles. The van der Waals surface area contributed by atoms with Crippen LogP contribution >= 0.6 is 0 Å². The zero-order valence-electron chi connectivity index (χ0n) is 18.0. The Kier molecular flexibility index (Phi) is 5.26. The molecule has 1 aliphatic heterocycles. The third kappa shape index (κ3) is 4.03. The number of imidazole rings is 1. The number of carboxylic acid groups (broad SMARTS) is 1. The van der Waals surface area contributed by atoms with E-state index in [0.29, 0.717) is 29.4 Å². The number of carbonyl (C=O) groups is 2. The van der Waals surface area contributed by atoms with Crippen molar-refractivity contribution in [2.45, 2.75) is 25.8 Å². The number of aromatic amines is 1. The Morgan fingerprint density at radius 3 is 2.67 bits per heavy atom. The topological polar surface area (TPSA) is 108 Å². The van der Waals surface area contributed by atoms with E-state index in [0.717, 1.165) is 29.6 Å². The largest absolute Gasteiger partial charge is 0.478 e. The second-order valence-electron chi connectivity index (χ2n) is 8.01. The van der Waals surface area contributed by atoms with E-state index < -0.39 is 5.97 Å². The molecule has 0 saturated carbocycles. The van der Waals surface area contributed by atoms with E-state index in [1.807, 2.05) is 35.2 Å². The maximum atomic E-state index is 12.3. The number of aromatic nitrogens is 3. The van der Waals surface area contributed by atoms with Crippen molar-refractivity contribution in [1.82, 2.24) is 19.9 Å². The number of carbonyl (C=O) groups excluding carboxylic acids is 1. The van der Waals surface area contributed by atoms with Crippen molar-refractivity contribution in [3.05, 3.63) is 71.9 Å². The third-order valence-electron chi connectivity index (χ3n) is 5.87. The molecule has 1 amide bonds. The average molecular weight is 442 g/mol. The standard InChI is InChI=1S/C25H22N4O4/c1-15(30)29-12-4-6-22(29)18-13-20-21(28-24(27-20)19-5-2-3-11-26-19)14-23(18)33-17-9-7-16(8-10-17)25(31)32/h2-3,5,7-11,13-14,22H,4,6,12H2,1H3,(H,27,28)(H,31,32). The van der Waals surface area contributed by atoms with Crippen LogP contribution in [0.1, 0.15) is 41.7 Å². The summed E-state index contributed by atoms with van der Waals surface area (Å²) in [4.78, 5) is 37.7. The molecule has 0 spiro atoms. The van der Waals surface area contributed by atoms with Gasteiger partial charge in [0.15, 0.2) is 5.82 Å². The van der Waals surface area contributed by atoms with E-state index in [1.54, 1.807) is 25.3 Å². The van der Waals surface area contributed by atoms with E-state index in [9.17, 15) is 9.59 Å². The van der Waals surface area contributed by atoms with Crippen molar-refractivity contribution in [3.63, 3.8) is 0 Å². The molecule has 2 aromatic heterocycles. The summed E-state index contributed by atoms with van der Waals surface area (Å²) < 4.78 is 6.21. The Hall–Kier alpha value is -4.20. The molecule has 4 aromatic rings. The van der Waals surface area contributed by atoms with Crippen LogP contribution in [0.15, 0.2) is 60.8 Å². The first-order chi connectivity index (χ1) is 16.0. The van der Waals surface area contributed by atoms with E-state index in [2.05, 4.69) is 15.0 Å². The number of fused-ring (bicyclic) bond motifs is 1. The van der Waals surface area contributed by atoms with Gasteiger partial charge in [-0.05, 0) is 55.3 Å². The number of ether oxygens (including phenoxy) is 1. The van der Waals surface area contributed by atoms with Gasteiger partial charge in [-0.2, -0.15) is 0 Å². The average Bonchev–Trinajstić information content (AvgIpc) is 3.46. The van der Waals surface area contributed by atoms with Gasteiger partial charge in [-0.1, -0.05) is 6.07 Å². The quantitative estimate of drug-likeness (QED) is 0.460. The Bertz CT molecular complexity index is 1330. The van der Waals surface area contributed by atoms with Crippen molar-refractivity contribution in [2.24, 2.45) is 0 Å². The normalized spacial score (nSPS) is 15.7. The molecule has 0 aliphatic carbocycles. The first-order valence-electron chi connectivity index (χ1n) is 10.7. The van der Waals surface area contributed by atoms with Gasteiger partial charge in [0, 0.05) is 31.3 Å². The number of nitrogens with one attached hydrogen (secondary N) is 1. The van der Waals surface area contributed by atoms with Crippen molar-refractivity contribution >= 4 is 22.9 Å². The summed E-state index contributed by atoms with van der Waals surface area (Å²) in [7, 11) is 0. The van der Waals surface area contributed by atoms with Crippen LogP contribution in [0.3, 0.4) is 0 Å². The monoisotopic (exact) mass is 442 g/mol. The molecule has 3 heterocycles. The molecule has 166 valence electrons. The van der Waals surface area contributed by atoms with Crippen molar-refractivity contribution in [3.8, 4) is 23.0 Å². The Morgan fingerprint density at radius 2 is 1.97 bits per heavy atom. The molecular weight excluding hydrogens is 420 g/mol. The number of rotatable bonds is 5. The highest BCUT2D eigenvalue weighted by molar-refractivity contribution is 5.87. The van der Waals surface area contributed by atoms with E-state index >= 15 is 0 Å². The summed E-state index contributed by atoms with van der Waals surface area (Å²) in [6, 6.07) is 15.6. The second kappa shape index (κ2) is 8.38. The fourth-order valence-corrected chi connectivity index (χ4v) is 4.29. The number of aromatic carboxylic acids is 1. The van der Waals surface area contributed by atoms with Gasteiger partial charge in [0.05, 0.1) is 22.6 Å². The summed E-state index contributed by atoms with van der Waals surface area (Å²) in [6.45, 7) is 2.28. The van der Waals surface area contributed by atoms with Gasteiger partial charge in [-0.3, -0.25) is 9.78 Å². The highest BCUT2D eigenvalue weighted by atomic mass is 16.5. The molecule has 2 N–H and O–H groups in total. The summed E-state index contributed by atoms with van der Waals surface area (Å²) in [6.07, 6.45) is 3.46. The summed E-state index contributed by atoms with van der Waals surface area (Å²) in [5, 5.41) is 9.15. The molecule has 8 heteroatoms. The van der Waals surface area contributed by atoms with Crippen LogP contribution in [0.2, 0.25) is 0 Å². The Balaban J connectivity index is 1.59. The van der Waals surface area contributed by atoms with Gasteiger partial charge in [-0.25, -0.2) is 9.78 Å². The maximum absolute atomic E-state index is 12.3. The first-order valence-corrected chi connectivity index (χ1v) is 10.7. The number of hydrogen-bond acceptors (Lipinski definition) is 5. The Morgan fingerprint density at radius 1 is 1.15 bits per heavy atom. The van der Waals surface area contributed by atoms with Gasteiger partial charge in [0.1, 0.15) is 17.2 Å². The van der Waals surface area contributed by atoms with Gasteiger partial charge in [0.25, 0.3) is 0 Å². The molecule has 5 rings (SSSR count). The van der Waals surface area contributed by atoms with Crippen LogP contribution in [-0.4, -0.2) is 43.4 Å². The van der Waals surface area contributed by atoms with Crippen LogP contribution < -0.4 is 4.74 Å². The first kappa shape index (κ1) is 20.7. The molecule has 1 fully saturated rings. The van der Waals surface area contributed by atoms with E-state index in [1.165, 1.54) is 12.1 Å². The molecule has 1 saturated heterocycles. The van der Waals surface area contributed by atoms with Crippen molar-refractivity contribution < 1.29 is 19.4 Å². The minimum absolute atomic E-state index is 0.0214. The number of amides is 1. The predicted octanol–water partition coefficient (Wildman–Crippen LogP) is 4.80. The van der Waals surface area contributed by atoms with E-state index in [-0.39, 0.29) is 17.5 Å². The number of hydrogen-bond donors (Lipinski definition) is 2. The number of H-pyrrole nitrogens is 1. The highest BCUT2D eigenvalue weighted by Gasteiger charge is 2.31. The SMILES string of the molecule is CC(=O)N1CCCC1c1cc2[nH]c(-c3ccccn3)nc2cc1Oc1ccc(C(=O)O)cc1. The zero-order valence-corrected chi connectivity index (χ0v) is 18.0. The van der Waals surface area contributed by atoms with Gasteiger partial charge >= 0.3 is 5.97 Å². The number of likely N-dealkylation sites (tertiary alicyclic amines) is 1. The van der Waals surface area contributed by atoms with Gasteiger partial charge < -0.3 is 19.7 Å². The molecule has 0 radical (unpaired) electrons. The van der Waals surface area contributed by atoms with Crippen molar-refractivity contribution in [2.75, 3.05) is 6.54 Å². The van der Waals surface area contributed by atoms with Crippen LogP contribution in [0.25, 0.3) is 22.6 Å². The molecule has 8 nitrogen and oxygen atoms in total. The highest BCUT2D eigenvalue weighted by Crippen LogP contribution is 2.41. The van der Waals surface area contributed by atoms with Crippen molar-refractivity contribution in [1.29, 1.82) is 0 Å². The lowest BCUT2D eigenvalue weighted by Gasteiger charge is -2.25. The molecule has 1 aliphatic rings. The van der Waals surface area contributed by atoms with Crippen LogP contribution in [-0.2, 0) is 4.79 Å². The number of benzene rings is 2. The van der Waals surface area contributed by atoms with Crippen LogP contribution in [0.4, 0.5) is 0 Å². The molecular formula is C25H22N4O4. The Labute approximate surface area is 189 Å². The molecule has 33 heavy (non-hydrogen) atoms.